The Morgan fingerprint density at radius 1 is 1.37 bits per heavy atom. The van der Waals surface area contributed by atoms with Gasteiger partial charge >= 0.3 is 5.97 Å². The van der Waals surface area contributed by atoms with Gasteiger partial charge in [-0.2, -0.15) is 0 Å². The predicted molar refractivity (Wildman–Crippen MR) is 98.2 cm³/mol. The Morgan fingerprint density at radius 3 is 2.89 bits per heavy atom. The van der Waals surface area contributed by atoms with E-state index in [9.17, 15) is 14.0 Å². The molecule has 2 atom stereocenters. The van der Waals surface area contributed by atoms with Crippen molar-refractivity contribution < 1.29 is 23.8 Å². The van der Waals surface area contributed by atoms with Crippen LogP contribution < -0.4 is 4.90 Å². The van der Waals surface area contributed by atoms with E-state index < -0.39 is 5.97 Å². The molecule has 2 fully saturated rings. The third-order valence-corrected chi connectivity index (χ3v) is 5.09. The van der Waals surface area contributed by atoms with Crippen LogP contribution in [0, 0.1) is 5.82 Å². The Morgan fingerprint density at radius 2 is 2.15 bits per heavy atom. The van der Waals surface area contributed by atoms with E-state index in [2.05, 4.69) is 4.90 Å². The van der Waals surface area contributed by atoms with Gasteiger partial charge in [-0.1, -0.05) is 12.1 Å². The van der Waals surface area contributed by atoms with Crippen molar-refractivity contribution in [2.45, 2.75) is 25.0 Å². The number of morpholine rings is 1. The van der Waals surface area contributed by atoms with Crippen LogP contribution in [0.3, 0.4) is 0 Å². The van der Waals surface area contributed by atoms with Crippen LogP contribution in [0.15, 0.2) is 24.3 Å². The van der Waals surface area contributed by atoms with E-state index in [1.54, 1.807) is 35.0 Å². The summed E-state index contributed by atoms with van der Waals surface area (Å²) in [4.78, 5) is 29.2. The van der Waals surface area contributed by atoms with Crippen molar-refractivity contribution in [2.24, 2.45) is 0 Å². The topological polar surface area (TPSA) is 73.3 Å². The number of nitrogens with zero attached hydrogens (tertiary/aromatic N) is 3. The van der Waals surface area contributed by atoms with Gasteiger partial charge in [-0.05, 0) is 32.0 Å². The number of likely N-dealkylation sites (N-methyl/N-ethyl adjacent to an activating group) is 1. The number of halogens is 1. The molecule has 3 rings (SSSR count). The normalized spacial score (nSPS) is 24.4. The third-order valence-electron chi connectivity index (χ3n) is 5.09. The van der Waals surface area contributed by atoms with Crippen LogP contribution in [0.25, 0.3) is 0 Å². The monoisotopic (exact) mass is 379 g/mol. The lowest BCUT2D eigenvalue weighted by Crippen LogP contribution is -2.58. The predicted octanol–water partition coefficient (Wildman–Crippen LogP) is 1.04. The minimum absolute atomic E-state index is 0.0523. The maximum Gasteiger partial charge on any atom is 0.317 e. The number of aliphatic carboxylic acids is 1. The fourth-order valence-electron chi connectivity index (χ4n) is 3.88. The molecular weight excluding hydrogens is 353 g/mol. The number of carbonyl (C=O) groups is 2. The summed E-state index contributed by atoms with van der Waals surface area (Å²) in [6, 6.07) is 6.06. The summed E-state index contributed by atoms with van der Waals surface area (Å²) >= 11 is 0. The SMILES string of the molecule is CN(CC(=O)O)CC1CN(C2CCCN(c3ccccc3F)C2=O)CCO1. The summed E-state index contributed by atoms with van der Waals surface area (Å²) in [7, 11) is 1.74. The molecule has 0 saturated carbocycles. The molecular formula is C19H26FN3O4. The zero-order valence-corrected chi connectivity index (χ0v) is 15.5. The highest BCUT2D eigenvalue weighted by atomic mass is 19.1. The zero-order chi connectivity index (χ0) is 19.4. The third kappa shape index (κ3) is 4.82. The Bertz CT molecular complexity index is 687. The van der Waals surface area contributed by atoms with Gasteiger partial charge in [0.05, 0.1) is 31.0 Å². The highest BCUT2D eigenvalue weighted by Crippen LogP contribution is 2.27. The van der Waals surface area contributed by atoms with Crippen molar-refractivity contribution in [2.75, 3.05) is 51.3 Å². The highest BCUT2D eigenvalue weighted by Gasteiger charge is 2.37. The molecule has 148 valence electrons. The quantitative estimate of drug-likeness (QED) is 0.796. The van der Waals surface area contributed by atoms with E-state index in [1.807, 2.05) is 0 Å². The first-order valence-corrected chi connectivity index (χ1v) is 9.27. The largest absolute Gasteiger partial charge is 0.480 e. The Hall–Kier alpha value is -2.03. The number of ether oxygens (including phenoxy) is 1. The molecule has 2 heterocycles. The van der Waals surface area contributed by atoms with E-state index in [-0.39, 0.29) is 30.4 Å². The highest BCUT2D eigenvalue weighted by molar-refractivity contribution is 5.98. The van der Waals surface area contributed by atoms with Crippen molar-refractivity contribution in [3.05, 3.63) is 30.1 Å². The van der Waals surface area contributed by atoms with Gasteiger partial charge in [-0.25, -0.2) is 4.39 Å². The van der Waals surface area contributed by atoms with E-state index in [0.29, 0.717) is 38.5 Å². The number of rotatable bonds is 6. The molecule has 2 aliphatic rings. The van der Waals surface area contributed by atoms with Crippen molar-refractivity contribution >= 4 is 17.6 Å². The van der Waals surface area contributed by atoms with Crippen LogP contribution >= 0.6 is 0 Å². The first-order chi connectivity index (χ1) is 13.0. The van der Waals surface area contributed by atoms with Crippen LogP contribution in [0.5, 0.6) is 0 Å². The molecule has 0 radical (unpaired) electrons. The van der Waals surface area contributed by atoms with Gasteiger partial charge in [0, 0.05) is 26.2 Å². The summed E-state index contributed by atoms with van der Waals surface area (Å²) in [6.07, 6.45) is 1.40. The lowest BCUT2D eigenvalue weighted by Gasteiger charge is -2.42. The van der Waals surface area contributed by atoms with E-state index in [4.69, 9.17) is 9.84 Å². The first-order valence-electron chi connectivity index (χ1n) is 9.27. The summed E-state index contributed by atoms with van der Waals surface area (Å²) in [5.41, 5.74) is 0.332. The Kier molecular flexibility index (Phi) is 6.41. The van der Waals surface area contributed by atoms with Crippen LogP contribution in [0.1, 0.15) is 12.8 Å². The minimum atomic E-state index is -0.881. The molecule has 1 aromatic rings. The van der Waals surface area contributed by atoms with E-state index in [1.165, 1.54) is 6.07 Å². The molecule has 27 heavy (non-hydrogen) atoms. The molecule has 0 bridgehead atoms. The number of hydrogen-bond acceptors (Lipinski definition) is 5. The average molecular weight is 379 g/mol. The number of hydrogen-bond donors (Lipinski definition) is 1. The molecule has 2 saturated heterocycles. The van der Waals surface area contributed by atoms with Gasteiger partial charge < -0.3 is 14.7 Å². The van der Waals surface area contributed by atoms with Crippen molar-refractivity contribution in [1.29, 1.82) is 0 Å². The smallest absolute Gasteiger partial charge is 0.317 e. The van der Waals surface area contributed by atoms with Crippen molar-refractivity contribution in [1.82, 2.24) is 9.80 Å². The Balaban J connectivity index is 1.65. The van der Waals surface area contributed by atoms with Gasteiger partial charge in [0.25, 0.3) is 0 Å². The van der Waals surface area contributed by atoms with Crippen LogP contribution in [-0.4, -0.2) is 85.3 Å². The molecule has 2 unspecified atom stereocenters. The molecule has 0 spiro atoms. The number of carboxylic acid groups (broad SMARTS) is 1. The van der Waals surface area contributed by atoms with Gasteiger partial charge in [0.2, 0.25) is 5.91 Å². The summed E-state index contributed by atoms with van der Waals surface area (Å²) in [6.45, 7) is 2.65. The molecule has 0 aromatic heterocycles. The second kappa shape index (κ2) is 8.77. The molecule has 1 aromatic carbocycles. The molecule has 1 amide bonds. The molecule has 8 heteroatoms. The van der Waals surface area contributed by atoms with E-state index in [0.717, 1.165) is 12.8 Å². The Labute approximate surface area is 158 Å². The van der Waals surface area contributed by atoms with Gasteiger partial charge in [-0.15, -0.1) is 0 Å². The number of carboxylic acids is 1. The maximum atomic E-state index is 14.1. The number of para-hydroxylation sites is 1. The fourth-order valence-corrected chi connectivity index (χ4v) is 3.88. The summed E-state index contributed by atoms with van der Waals surface area (Å²) in [5.74, 6) is -1.35. The molecule has 0 aliphatic carbocycles. The minimum Gasteiger partial charge on any atom is -0.480 e. The second-order valence-corrected chi connectivity index (χ2v) is 7.18. The molecule has 7 nitrogen and oxygen atoms in total. The lowest BCUT2D eigenvalue weighted by atomic mass is 10.0. The van der Waals surface area contributed by atoms with Crippen LogP contribution in [0.2, 0.25) is 0 Å². The maximum absolute atomic E-state index is 14.1. The summed E-state index contributed by atoms with van der Waals surface area (Å²) in [5, 5.41) is 8.89. The van der Waals surface area contributed by atoms with Gasteiger partial charge in [-0.3, -0.25) is 19.4 Å². The standard InChI is InChI=1S/C19H26FN3O4/c1-21(13-18(24)25)11-14-12-22(9-10-27-14)17-7-4-8-23(19(17)26)16-6-3-2-5-15(16)20/h2-3,5-6,14,17H,4,7-13H2,1H3,(H,24,25). The number of benzene rings is 1. The van der Waals surface area contributed by atoms with Crippen LogP contribution in [0.4, 0.5) is 10.1 Å². The number of carbonyl (C=O) groups excluding carboxylic acids is 1. The van der Waals surface area contributed by atoms with Crippen LogP contribution in [-0.2, 0) is 14.3 Å². The number of amides is 1. The van der Waals surface area contributed by atoms with Gasteiger partial charge in [0.15, 0.2) is 0 Å². The summed E-state index contributed by atoms with van der Waals surface area (Å²) < 4.78 is 19.9. The zero-order valence-electron chi connectivity index (χ0n) is 15.5. The van der Waals surface area contributed by atoms with Crippen molar-refractivity contribution in [3.63, 3.8) is 0 Å². The van der Waals surface area contributed by atoms with Gasteiger partial charge in [0.1, 0.15) is 5.82 Å². The second-order valence-electron chi connectivity index (χ2n) is 7.18. The fraction of sp³-hybridized carbons (Fsp3) is 0.579. The van der Waals surface area contributed by atoms with E-state index >= 15 is 0 Å². The number of anilines is 1. The van der Waals surface area contributed by atoms with Crippen molar-refractivity contribution in [3.8, 4) is 0 Å². The number of piperidine rings is 1. The molecule has 2 aliphatic heterocycles. The average Bonchev–Trinajstić information content (AvgIpc) is 2.62. The molecule has 1 N–H and O–H groups in total. The first kappa shape index (κ1) is 19.7. The lowest BCUT2D eigenvalue weighted by molar-refractivity contribution is -0.138.